The molecule has 0 unspecified atom stereocenters. The van der Waals surface area contributed by atoms with Gasteiger partial charge in [-0.1, -0.05) is 43.0 Å². The Hall–Kier alpha value is -4.25. The number of esters is 1. The number of aromatic nitrogens is 3. The molecule has 0 aliphatic carbocycles. The van der Waals surface area contributed by atoms with E-state index < -0.39 is 23.5 Å². The maximum absolute atomic E-state index is 13.1. The van der Waals surface area contributed by atoms with Crippen LogP contribution in [0.25, 0.3) is 10.9 Å². The Morgan fingerprint density at radius 2 is 1.63 bits per heavy atom. The number of amides is 1. The molecule has 10 nitrogen and oxygen atoms in total. The third kappa shape index (κ3) is 8.62. The smallest absolute Gasteiger partial charge is 0.329 e. The second kappa shape index (κ2) is 12.5. The van der Waals surface area contributed by atoms with Crippen LogP contribution in [0.5, 0.6) is 11.5 Å². The van der Waals surface area contributed by atoms with Crippen molar-refractivity contribution < 1.29 is 24.2 Å². The van der Waals surface area contributed by atoms with Crippen molar-refractivity contribution in [1.29, 1.82) is 0 Å². The number of fused-ring (bicyclic) bond motifs is 1. The highest BCUT2D eigenvalue weighted by molar-refractivity contribution is 7.19. The number of pyridine rings is 1. The average Bonchev–Trinajstić information content (AvgIpc) is 3.29. The second-order valence-corrected chi connectivity index (χ2v) is 12.2. The largest absolute Gasteiger partial charge is 0.505 e. The van der Waals surface area contributed by atoms with Gasteiger partial charge in [-0.05, 0) is 71.4 Å². The van der Waals surface area contributed by atoms with Gasteiger partial charge in [-0.3, -0.25) is 15.1 Å². The molecule has 218 valence electrons. The summed E-state index contributed by atoms with van der Waals surface area (Å²) in [5.74, 6) is -0.496. The highest BCUT2D eigenvalue weighted by atomic mass is 32.1. The molecule has 0 spiro atoms. The predicted octanol–water partition coefficient (Wildman–Crippen LogP) is 6.22. The summed E-state index contributed by atoms with van der Waals surface area (Å²) in [5, 5.41) is 25.6. The van der Waals surface area contributed by atoms with E-state index in [0.29, 0.717) is 22.5 Å². The van der Waals surface area contributed by atoms with Crippen LogP contribution in [-0.4, -0.2) is 49.4 Å². The van der Waals surface area contributed by atoms with Crippen molar-refractivity contribution in [2.24, 2.45) is 0 Å². The number of nitrogens with zero attached hydrogens (tertiary/aromatic N) is 3. The molecule has 1 amide bonds. The number of aromatic hydroxyl groups is 1. The van der Waals surface area contributed by atoms with Crippen LogP contribution in [-0.2, 0) is 16.0 Å². The van der Waals surface area contributed by atoms with Gasteiger partial charge in [0.15, 0.2) is 5.75 Å². The van der Waals surface area contributed by atoms with Gasteiger partial charge in [-0.2, -0.15) is 0 Å². The molecule has 0 fully saturated rings. The van der Waals surface area contributed by atoms with Crippen LogP contribution in [0.2, 0.25) is 0 Å². The van der Waals surface area contributed by atoms with E-state index in [1.807, 2.05) is 45.0 Å². The quantitative estimate of drug-likeness (QED) is 0.208. The van der Waals surface area contributed by atoms with Gasteiger partial charge in [0.05, 0.1) is 5.56 Å². The molecular weight excluding hydrogens is 542 g/mol. The summed E-state index contributed by atoms with van der Waals surface area (Å²) < 4.78 is 11.5. The van der Waals surface area contributed by atoms with Crippen molar-refractivity contribution in [3.05, 3.63) is 65.9 Å². The van der Waals surface area contributed by atoms with Crippen molar-refractivity contribution >= 4 is 44.4 Å². The molecule has 41 heavy (non-hydrogen) atoms. The topological polar surface area (TPSA) is 136 Å². The Morgan fingerprint density at radius 3 is 2.29 bits per heavy atom. The minimum Gasteiger partial charge on any atom is -0.505 e. The van der Waals surface area contributed by atoms with Gasteiger partial charge in [-0.25, -0.2) is 4.79 Å². The van der Waals surface area contributed by atoms with E-state index in [1.165, 1.54) is 6.07 Å². The van der Waals surface area contributed by atoms with Gasteiger partial charge in [0.2, 0.25) is 10.3 Å². The number of hydrogen-bond donors (Lipinski definition) is 3. The molecule has 0 aliphatic heterocycles. The van der Waals surface area contributed by atoms with Crippen LogP contribution < -0.4 is 15.4 Å². The van der Waals surface area contributed by atoms with Gasteiger partial charge < -0.3 is 19.9 Å². The zero-order valence-corrected chi connectivity index (χ0v) is 24.1. The number of phenolic OH excluding ortho intramolecular Hbond substituents is 1. The van der Waals surface area contributed by atoms with Crippen LogP contribution in [0.3, 0.4) is 0 Å². The number of carbonyl (C=O) groups excluding carboxylic acids is 2. The van der Waals surface area contributed by atoms with Crippen LogP contribution in [0.4, 0.5) is 10.3 Å². The number of rotatable bonds is 8. The molecule has 2 aromatic carbocycles. The van der Waals surface area contributed by atoms with Crippen LogP contribution in [0.15, 0.2) is 54.7 Å². The van der Waals surface area contributed by atoms with Crippen molar-refractivity contribution in [2.45, 2.75) is 72.6 Å². The maximum atomic E-state index is 13.1. The molecule has 2 aromatic heterocycles. The van der Waals surface area contributed by atoms with Crippen molar-refractivity contribution in [1.82, 2.24) is 15.2 Å². The zero-order chi connectivity index (χ0) is 29.1. The second-order valence-electron chi connectivity index (χ2n) is 11.2. The first-order valence-electron chi connectivity index (χ1n) is 12.8. The van der Waals surface area contributed by atoms with Gasteiger partial charge in [-0.15, -0.1) is 10.2 Å². The van der Waals surface area contributed by atoms with Crippen LogP contribution in [0, 0.1) is 0 Å². The van der Waals surface area contributed by atoms with Gasteiger partial charge in [0.1, 0.15) is 28.5 Å². The first-order valence-corrected chi connectivity index (χ1v) is 13.6. The van der Waals surface area contributed by atoms with E-state index in [-0.39, 0.29) is 29.5 Å². The molecule has 4 aromatic rings. The van der Waals surface area contributed by atoms with Gasteiger partial charge >= 0.3 is 5.97 Å². The third-order valence-electron chi connectivity index (χ3n) is 5.41. The number of nitrogens with one attached hydrogen (secondary N) is 2. The lowest BCUT2D eigenvalue weighted by Gasteiger charge is -2.24. The molecule has 2 heterocycles. The van der Waals surface area contributed by atoms with Gasteiger partial charge in [0.25, 0.3) is 5.91 Å². The number of anilines is 2. The van der Waals surface area contributed by atoms with E-state index in [4.69, 9.17) is 9.47 Å². The standard InChI is InChI=1S/C29H33N5O5S.CH4/c1-28(2,3)38-19-12-9-17(10-13-19)16-21(25(37)39-29(4,5)6)31-26-33-34-27(40-26)32-24(36)20-14-11-18-8-7-15-30-22(18)23(20)35;/h7-15,21,35H,16H2,1-6H3,(H,31,33)(H,32,34,36);1H4/t21-;/m0./s1. The first-order chi connectivity index (χ1) is 18.8. The minimum absolute atomic E-state index is 0. The highest BCUT2D eigenvalue weighted by Crippen LogP contribution is 2.29. The van der Waals surface area contributed by atoms with E-state index >= 15 is 0 Å². The van der Waals surface area contributed by atoms with Crippen LogP contribution >= 0.6 is 11.3 Å². The Bertz CT molecular complexity index is 1510. The molecule has 11 heteroatoms. The Morgan fingerprint density at radius 1 is 0.951 bits per heavy atom. The van der Waals surface area contributed by atoms with E-state index in [1.54, 1.807) is 45.2 Å². The zero-order valence-electron chi connectivity index (χ0n) is 23.3. The summed E-state index contributed by atoms with van der Waals surface area (Å²) in [7, 11) is 0. The number of ether oxygens (including phenoxy) is 2. The van der Waals surface area contributed by atoms with E-state index in [9.17, 15) is 14.7 Å². The fraction of sp³-hybridized carbons (Fsp3) is 0.367. The summed E-state index contributed by atoms with van der Waals surface area (Å²) in [6.45, 7) is 11.3. The third-order valence-corrected chi connectivity index (χ3v) is 6.18. The number of carbonyl (C=O) groups is 2. The fourth-order valence-corrected chi connectivity index (χ4v) is 4.50. The average molecular weight is 580 g/mol. The summed E-state index contributed by atoms with van der Waals surface area (Å²) in [4.78, 5) is 30.1. The summed E-state index contributed by atoms with van der Waals surface area (Å²) in [6, 6.07) is 13.5. The number of hydrogen-bond acceptors (Lipinski definition) is 10. The van der Waals surface area contributed by atoms with Crippen LogP contribution in [0.1, 0.15) is 64.9 Å². The molecule has 1 atom stereocenters. The lowest BCUT2D eigenvalue weighted by molar-refractivity contribution is -0.155. The lowest BCUT2D eigenvalue weighted by atomic mass is 10.1. The Kier molecular flexibility index (Phi) is 9.54. The van der Waals surface area contributed by atoms with E-state index in [0.717, 1.165) is 22.6 Å². The maximum Gasteiger partial charge on any atom is 0.329 e. The van der Waals surface area contributed by atoms with Crippen molar-refractivity contribution in [3.8, 4) is 11.5 Å². The monoisotopic (exact) mass is 579 g/mol. The SMILES string of the molecule is C.CC(C)(C)OC(=O)[C@H](Cc1ccc(OC(C)(C)C)cc1)Nc1nnc(NC(=O)c2ccc3cccnc3c2O)s1. The summed E-state index contributed by atoms with van der Waals surface area (Å²) >= 11 is 1.06. The predicted molar refractivity (Wildman–Crippen MR) is 162 cm³/mol. The number of benzene rings is 2. The molecule has 0 saturated heterocycles. The molecule has 3 N–H and O–H groups in total. The number of phenols is 1. The molecule has 0 saturated carbocycles. The molecule has 0 aliphatic rings. The van der Waals surface area contributed by atoms with Gasteiger partial charge in [0, 0.05) is 18.0 Å². The summed E-state index contributed by atoms with van der Waals surface area (Å²) in [6.07, 6.45) is 1.87. The van der Waals surface area contributed by atoms with E-state index in [2.05, 4.69) is 25.8 Å². The molecular formula is C30H37N5O5S. The minimum atomic E-state index is -0.763. The Labute approximate surface area is 244 Å². The van der Waals surface area contributed by atoms with Crippen molar-refractivity contribution in [3.63, 3.8) is 0 Å². The fourth-order valence-electron chi connectivity index (χ4n) is 3.81. The molecule has 4 rings (SSSR count). The molecule has 0 bridgehead atoms. The lowest BCUT2D eigenvalue weighted by Crippen LogP contribution is -2.38. The van der Waals surface area contributed by atoms with Crippen molar-refractivity contribution in [2.75, 3.05) is 10.6 Å². The molecule has 0 radical (unpaired) electrons. The highest BCUT2D eigenvalue weighted by Gasteiger charge is 2.27. The normalized spacial score (nSPS) is 12.2. The summed E-state index contributed by atoms with van der Waals surface area (Å²) in [5.41, 5.74) is 0.271. The Balaban J connectivity index is 0.00000462. The first kappa shape index (κ1) is 31.3.